The third-order valence-electron chi connectivity index (χ3n) is 3.91. The molecule has 0 spiro atoms. The van der Waals surface area contributed by atoms with Crippen LogP contribution in [0.3, 0.4) is 0 Å². The largest absolute Gasteiger partial charge is 0.481 e. The summed E-state index contributed by atoms with van der Waals surface area (Å²) in [6, 6.07) is 2.62. The van der Waals surface area contributed by atoms with Gasteiger partial charge in [0.25, 0.3) is 0 Å². The van der Waals surface area contributed by atoms with Crippen LogP contribution < -0.4 is 9.47 Å². The molecule has 7 heteroatoms. The van der Waals surface area contributed by atoms with Crippen molar-refractivity contribution in [2.75, 3.05) is 47.4 Å². The lowest BCUT2D eigenvalue weighted by Gasteiger charge is -2.28. The Morgan fingerprint density at radius 3 is 2.64 bits per heavy atom. The van der Waals surface area contributed by atoms with Gasteiger partial charge in [-0.15, -0.1) is 0 Å². The lowest BCUT2D eigenvalue weighted by atomic mass is 10.1. The highest BCUT2D eigenvalue weighted by molar-refractivity contribution is 5.76. The van der Waals surface area contributed by atoms with E-state index in [-0.39, 0.29) is 0 Å². The Labute approximate surface area is 130 Å². The second kappa shape index (κ2) is 7.42. The lowest BCUT2D eigenvalue weighted by molar-refractivity contribution is -0.143. The molecule has 2 rings (SSSR count). The Kier molecular flexibility index (Phi) is 5.57. The summed E-state index contributed by atoms with van der Waals surface area (Å²) in [5.41, 5.74) is 0.556. The Hall–Kier alpha value is -1.86. The van der Waals surface area contributed by atoms with Gasteiger partial charge < -0.3 is 19.5 Å². The van der Waals surface area contributed by atoms with Gasteiger partial charge in [-0.1, -0.05) is 0 Å². The Morgan fingerprint density at radius 1 is 1.23 bits per heavy atom. The zero-order valence-electron chi connectivity index (χ0n) is 13.3. The Balaban J connectivity index is 2.33. The second-order valence-corrected chi connectivity index (χ2v) is 5.39. The minimum atomic E-state index is -0.894. The topological polar surface area (TPSA) is 75.1 Å². The average Bonchev–Trinajstić information content (AvgIpc) is 2.72. The normalized spacial score (nSPS) is 18.5. The number of carbonyl (C=O) groups is 1. The molecule has 1 atom stereocenters. The highest BCUT2D eigenvalue weighted by atomic mass is 16.5. The van der Waals surface area contributed by atoms with Crippen molar-refractivity contribution in [3.63, 3.8) is 0 Å². The molecule has 122 valence electrons. The van der Waals surface area contributed by atoms with Gasteiger partial charge in [0.05, 0.1) is 14.2 Å². The molecule has 0 aliphatic carbocycles. The molecule has 1 aromatic rings. The first-order valence-corrected chi connectivity index (χ1v) is 7.31. The SMILES string of the molecule is COc1ccc(C(C(=O)O)N2CCCN(C)CC2)c(OC)n1. The third-order valence-corrected chi connectivity index (χ3v) is 3.91. The zero-order valence-corrected chi connectivity index (χ0v) is 13.3. The summed E-state index contributed by atoms with van der Waals surface area (Å²) in [6.45, 7) is 3.25. The first kappa shape index (κ1) is 16.5. The van der Waals surface area contributed by atoms with Crippen molar-refractivity contribution >= 4 is 5.97 Å². The van der Waals surface area contributed by atoms with Crippen molar-refractivity contribution in [2.24, 2.45) is 0 Å². The highest BCUT2D eigenvalue weighted by Crippen LogP contribution is 2.30. The number of ether oxygens (including phenoxy) is 2. The van der Waals surface area contributed by atoms with Crippen LogP contribution in [0, 0.1) is 0 Å². The molecule has 0 bridgehead atoms. The fraction of sp³-hybridized carbons (Fsp3) is 0.600. The van der Waals surface area contributed by atoms with Crippen molar-refractivity contribution in [1.29, 1.82) is 0 Å². The van der Waals surface area contributed by atoms with Crippen LogP contribution in [0.4, 0.5) is 0 Å². The van der Waals surface area contributed by atoms with Crippen LogP contribution >= 0.6 is 0 Å². The zero-order chi connectivity index (χ0) is 16.1. The van der Waals surface area contributed by atoms with Crippen molar-refractivity contribution < 1.29 is 19.4 Å². The summed E-state index contributed by atoms with van der Waals surface area (Å²) in [7, 11) is 5.05. The monoisotopic (exact) mass is 309 g/mol. The van der Waals surface area contributed by atoms with E-state index in [4.69, 9.17) is 9.47 Å². The standard InChI is InChI=1S/C15H23N3O4/c1-17-7-4-8-18(10-9-17)13(15(19)20)11-5-6-12(21-2)16-14(11)22-3/h5-6,13H,4,7-10H2,1-3H3,(H,19,20). The highest BCUT2D eigenvalue weighted by Gasteiger charge is 2.31. The number of aromatic nitrogens is 1. The number of methoxy groups -OCH3 is 2. The number of nitrogens with zero attached hydrogens (tertiary/aromatic N) is 3. The van der Waals surface area contributed by atoms with Gasteiger partial charge in [-0.2, -0.15) is 4.98 Å². The molecule has 0 saturated carbocycles. The number of hydrogen-bond donors (Lipinski definition) is 1. The van der Waals surface area contributed by atoms with Crippen molar-refractivity contribution in [1.82, 2.24) is 14.8 Å². The molecule has 1 fully saturated rings. The number of hydrogen-bond acceptors (Lipinski definition) is 6. The fourth-order valence-electron chi connectivity index (χ4n) is 2.73. The van der Waals surface area contributed by atoms with E-state index in [1.165, 1.54) is 14.2 Å². The van der Waals surface area contributed by atoms with Gasteiger partial charge in [0.1, 0.15) is 6.04 Å². The molecule has 22 heavy (non-hydrogen) atoms. The Bertz CT molecular complexity index is 524. The number of rotatable bonds is 5. The van der Waals surface area contributed by atoms with E-state index in [0.717, 1.165) is 26.1 Å². The molecule has 1 unspecified atom stereocenters. The van der Waals surface area contributed by atoms with Gasteiger partial charge >= 0.3 is 5.97 Å². The third kappa shape index (κ3) is 3.66. The van der Waals surface area contributed by atoms with Crippen LogP contribution in [0.5, 0.6) is 11.8 Å². The molecule has 1 saturated heterocycles. The summed E-state index contributed by atoms with van der Waals surface area (Å²) in [5, 5.41) is 9.71. The molecule has 1 aliphatic heterocycles. The summed E-state index contributed by atoms with van der Waals surface area (Å²) < 4.78 is 10.3. The van der Waals surface area contributed by atoms with Crippen LogP contribution in [0.15, 0.2) is 12.1 Å². The van der Waals surface area contributed by atoms with Gasteiger partial charge in [0.15, 0.2) is 0 Å². The summed E-state index contributed by atoms with van der Waals surface area (Å²) >= 11 is 0. The first-order valence-electron chi connectivity index (χ1n) is 7.31. The quantitative estimate of drug-likeness (QED) is 0.864. The number of carboxylic acid groups (broad SMARTS) is 1. The fourth-order valence-corrected chi connectivity index (χ4v) is 2.73. The van der Waals surface area contributed by atoms with E-state index in [1.54, 1.807) is 12.1 Å². The van der Waals surface area contributed by atoms with Crippen LogP contribution in [0.2, 0.25) is 0 Å². The summed E-state index contributed by atoms with van der Waals surface area (Å²) in [6.07, 6.45) is 0.937. The van der Waals surface area contributed by atoms with Crippen LogP contribution in [0.1, 0.15) is 18.0 Å². The van der Waals surface area contributed by atoms with E-state index in [0.29, 0.717) is 23.9 Å². The van der Waals surface area contributed by atoms with E-state index in [2.05, 4.69) is 16.9 Å². The number of likely N-dealkylation sites (N-methyl/N-ethyl adjacent to an activating group) is 1. The van der Waals surface area contributed by atoms with Crippen molar-refractivity contribution in [3.05, 3.63) is 17.7 Å². The predicted molar refractivity (Wildman–Crippen MR) is 81.4 cm³/mol. The maximum Gasteiger partial charge on any atom is 0.325 e. The first-order chi connectivity index (χ1) is 10.6. The van der Waals surface area contributed by atoms with Gasteiger partial charge in [-0.25, -0.2) is 0 Å². The number of aliphatic carboxylic acids is 1. The van der Waals surface area contributed by atoms with Gasteiger partial charge in [0, 0.05) is 31.3 Å². The summed E-state index contributed by atoms with van der Waals surface area (Å²) in [5.74, 6) is -0.195. The molecule has 1 aromatic heterocycles. The van der Waals surface area contributed by atoms with Crippen LogP contribution in [0.25, 0.3) is 0 Å². The number of carboxylic acids is 1. The maximum absolute atomic E-state index is 11.8. The minimum absolute atomic E-state index is 0.296. The minimum Gasteiger partial charge on any atom is -0.481 e. The molecule has 2 heterocycles. The van der Waals surface area contributed by atoms with E-state index in [1.807, 2.05) is 4.90 Å². The van der Waals surface area contributed by atoms with E-state index >= 15 is 0 Å². The van der Waals surface area contributed by atoms with Crippen LogP contribution in [-0.2, 0) is 4.79 Å². The molecule has 1 N–H and O–H groups in total. The smallest absolute Gasteiger partial charge is 0.325 e. The molecule has 0 amide bonds. The molecule has 0 radical (unpaired) electrons. The maximum atomic E-state index is 11.8. The predicted octanol–water partition coefficient (Wildman–Crippen LogP) is 0.862. The molecular weight excluding hydrogens is 286 g/mol. The lowest BCUT2D eigenvalue weighted by Crippen LogP contribution is -2.37. The van der Waals surface area contributed by atoms with Gasteiger partial charge in [0.2, 0.25) is 11.8 Å². The van der Waals surface area contributed by atoms with Gasteiger partial charge in [-0.3, -0.25) is 9.69 Å². The second-order valence-electron chi connectivity index (χ2n) is 5.39. The average molecular weight is 309 g/mol. The van der Waals surface area contributed by atoms with Crippen molar-refractivity contribution in [3.8, 4) is 11.8 Å². The molecule has 0 aromatic carbocycles. The van der Waals surface area contributed by atoms with Gasteiger partial charge in [-0.05, 0) is 26.1 Å². The molecular formula is C15H23N3O4. The number of pyridine rings is 1. The van der Waals surface area contributed by atoms with E-state index < -0.39 is 12.0 Å². The van der Waals surface area contributed by atoms with Crippen molar-refractivity contribution in [2.45, 2.75) is 12.5 Å². The molecule has 7 nitrogen and oxygen atoms in total. The summed E-state index contributed by atoms with van der Waals surface area (Å²) in [4.78, 5) is 20.2. The van der Waals surface area contributed by atoms with E-state index in [9.17, 15) is 9.90 Å². The molecule has 1 aliphatic rings. The van der Waals surface area contributed by atoms with Crippen LogP contribution in [-0.4, -0.2) is 73.3 Å². The Morgan fingerprint density at radius 2 is 2.00 bits per heavy atom.